The van der Waals surface area contributed by atoms with Crippen molar-refractivity contribution in [1.29, 1.82) is 0 Å². The van der Waals surface area contributed by atoms with Crippen LogP contribution in [-0.4, -0.2) is 40.3 Å². The number of hydrogen-bond acceptors (Lipinski definition) is 6. The van der Waals surface area contributed by atoms with Crippen molar-refractivity contribution in [3.63, 3.8) is 0 Å². The molecule has 136 valence electrons. The maximum atomic E-state index is 14.3. The van der Waals surface area contributed by atoms with Gasteiger partial charge in [-0.2, -0.15) is 0 Å². The Morgan fingerprint density at radius 3 is 2.17 bits per heavy atom. The molecule has 0 saturated carbocycles. The van der Waals surface area contributed by atoms with E-state index in [2.05, 4.69) is 6.58 Å². The molecule has 0 aliphatic rings. The van der Waals surface area contributed by atoms with Gasteiger partial charge in [0.25, 0.3) is 5.92 Å². The number of nitrogens with two attached hydrogens (primary N) is 3. The van der Waals surface area contributed by atoms with Crippen LogP contribution < -0.4 is 17.2 Å². The highest BCUT2D eigenvalue weighted by Crippen LogP contribution is 2.33. The van der Waals surface area contributed by atoms with Crippen LogP contribution >= 0.6 is 0 Å². The largest absolute Gasteiger partial charge is 0.458 e. The summed E-state index contributed by atoms with van der Waals surface area (Å²) in [6.45, 7) is 9.75. The number of hydrogen-bond donors (Lipinski definition) is 4. The van der Waals surface area contributed by atoms with Crippen molar-refractivity contribution < 1.29 is 23.4 Å². The van der Waals surface area contributed by atoms with Crippen LogP contribution in [0.25, 0.3) is 0 Å². The fraction of sp³-hybridized carbons (Fsp3) is 0.800. The zero-order chi connectivity index (χ0) is 18.6. The summed E-state index contributed by atoms with van der Waals surface area (Å²) in [6, 6.07) is -1.15. The summed E-state index contributed by atoms with van der Waals surface area (Å²) >= 11 is 0. The third-order valence-corrected chi connectivity index (χ3v) is 3.31. The molecule has 0 aromatic heterocycles. The van der Waals surface area contributed by atoms with Gasteiger partial charge in [0.1, 0.15) is 11.7 Å². The van der Waals surface area contributed by atoms with Crippen LogP contribution in [0.3, 0.4) is 0 Å². The molecule has 0 bridgehead atoms. The molecule has 0 radical (unpaired) electrons. The summed E-state index contributed by atoms with van der Waals surface area (Å²) in [7, 11) is 0. The Bertz CT molecular complexity index is 438. The van der Waals surface area contributed by atoms with Crippen LogP contribution in [0.5, 0.6) is 0 Å². The van der Waals surface area contributed by atoms with Crippen LogP contribution in [0.1, 0.15) is 47.0 Å². The highest BCUT2D eigenvalue weighted by molar-refractivity contribution is 5.84. The van der Waals surface area contributed by atoms with E-state index in [9.17, 15) is 18.7 Å². The molecule has 0 spiro atoms. The van der Waals surface area contributed by atoms with Crippen molar-refractivity contribution in [2.24, 2.45) is 17.2 Å². The monoisotopic (exact) mass is 337 g/mol. The first-order valence-electron chi connectivity index (χ1n) is 7.46. The average molecular weight is 337 g/mol. The number of ether oxygens (including phenoxy) is 1. The number of esters is 1. The SMILES string of the molecule is C=C(N)C(N)(CC(F)(F)C(O)C(N)CCC)C(=O)OC(C)(C)C. The molecule has 8 heteroatoms. The fourth-order valence-corrected chi connectivity index (χ4v) is 1.97. The molecule has 0 aliphatic heterocycles. The molecule has 0 amide bonds. The van der Waals surface area contributed by atoms with Crippen LogP contribution in [0.4, 0.5) is 8.78 Å². The minimum absolute atomic E-state index is 0.199. The molecule has 7 N–H and O–H groups in total. The first kappa shape index (κ1) is 21.8. The molecule has 3 atom stereocenters. The van der Waals surface area contributed by atoms with Gasteiger partial charge in [0.05, 0.1) is 0 Å². The first-order valence-corrected chi connectivity index (χ1v) is 7.46. The van der Waals surface area contributed by atoms with Crippen molar-refractivity contribution in [3.8, 4) is 0 Å². The van der Waals surface area contributed by atoms with Gasteiger partial charge in [-0.15, -0.1) is 0 Å². The minimum Gasteiger partial charge on any atom is -0.458 e. The lowest BCUT2D eigenvalue weighted by Gasteiger charge is -2.36. The fourth-order valence-electron chi connectivity index (χ4n) is 1.97. The smallest absolute Gasteiger partial charge is 0.333 e. The Morgan fingerprint density at radius 1 is 1.35 bits per heavy atom. The lowest BCUT2D eigenvalue weighted by Crippen LogP contribution is -2.60. The molecule has 23 heavy (non-hydrogen) atoms. The maximum absolute atomic E-state index is 14.3. The zero-order valence-corrected chi connectivity index (χ0v) is 14.2. The summed E-state index contributed by atoms with van der Waals surface area (Å²) in [5, 5.41) is 9.78. The van der Waals surface area contributed by atoms with Gasteiger partial charge in [-0.3, -0.25) is 0 Å². The second-order valence-corrected chi connectivity index (χ2v) is 6.83. The lowest BCUT2D eigenvalue weighted by atomic mass is 9.85. The Labute approximate surface area is 136 Å². The van der Waals surface area contributed by atoms with Crippen molar-refractivity contribution in [3.05, 3.63) is 12.3 Å². The molecule has 0 fully saturated rings. The topological polar surface area (TPSA) is 125 Å². The molecule has 0 heterocycles. The van der Waals surface area contributed by atoms with E-state index in [0.29, 0.717) is 6.42 Å². The number of carbonyl (C=O) groups excluding carboxylic acids is 1. The number of alkyl halides is 2. The van der Waals surface area contributed by atoms with E-state index < -0.39 is 47.3 Å². The Kier molecular flexibility index (Phi) is 7.14. The van der Waals surface area contributed by atoms with Gasteiger partial charge in [-0.25, -0.2) is 13.6 Å². The van der Waals surface area contributed by atoms with Gasteiger partial charge in [0, 0.05) is 18.2 Å². The van der Waals surface area contributed by atoms with E-state index in [1.807, 2.05) is 0 Å². The third-order valence-electron chi connectivity index (χ3n) is 3.31. The van der Waals surface area contributed by atoms with Crippen molar-refractivity contribution in [2.45, 2.75) is 76.2 Å². The number of halogens is 2. The summed E-state index contributed by atoms with van der Waals surface area (Å²) in [5.41, 5.74) is 13.0. The second kappa shape index (κ2) is 7.55. The van der Waals surface area contributed by atoms with E-state index in [1.165, 1.54) is 0 Å². The van der Waals surface area contributed by atoms with Crippen LogP contribution in [0.2, 0.25) is 0 Å². The number of aliphatic hydroxyl groups excluding tert-OH is 1. The first-order chi connectivity index (χ1) is 10.2. The van der Waals surface area contributed by atoms with Crippen molar-refractivity contribution >= 4 is 5.97 Å². The van der Waals surface area contributed by atoms with E-state index in [0.717, 1.165) is 0 Å². The molecule has 0 saturated heterocycles. The minimum atomic E-state index is -3.73. The highest BCUT2D eigenvalue weighted by Gasteiger charge is 2.52. The van der Waals surface area contributed by atoms with Gasteiger partial charge >= 0.3 is 5.97 Å². The Balaban J connectivity index is 5.40. The quantitative estimate of drug-likeness (QED) is 0.490. The average Bonchev–Trinajstić information content (AvgIpc) is 2.35. The Morgan fingerprint density at radius 2 is 1.83 bits per heavy atom. The number of aliphatic hydroxyl groups is 1. The zero-order valence-electron chi connectivity index (χ0n) is 14.2. The molecule has 6 nitrogen and oxygen atoms in total. The van der Waals surface area contributed by atoms with E-state index in [-0.39, 0.29) is 6.42 Å². The van der Waals surface area contributed by atoms with Gasteiger partial charge < -0.3 is 27.0 Å². The summed E-state index contributed by atoms with van der Waals surface area (Å²) in [4.78, 5) is 12.2. The van der Waals surface area contributed by atoms with E-state index in [4.69, 9.17) is 21.9 Å². The van der Waals surface area contributed by atoms with Gasteiger partial charge in [-0.1, -0.05) is 19.9 Å². The van der Waals surface area contributed by atoms with Gasteiger partial charge in [0.15, 0.2) is 5.54 Å². The van der Waals surface area contributed by atoms with Crippen LogP contribution in [0.15, 0.2) is 12.3 Å². The molecule has 0 aliphatic carbocycles. The second-order valence-electron chi connectivity index (χ2n) is 6.83. The summed E-state index contributed by atoms with van der Waals surface area (Å²) in [6.07, 6.45) is -2.68. The molecule has 0 rings (SSSR count). The predicted octanol–water partition coefficient (Wildman–Crippen LogP) is 1.01. The molecule has 0 aromatic carbocycles. The predicted molar refractivity (Wildman–Crippen MR) is 84.5 cm³/mol. The van der Waals surface area contributed by atoms with Crippen LogP contribution in [0, 0.1) is 0 Å². The van der Waals surface area contributed by atoms with Crippen molar-refractivity contribution in [2.75, 3.05) is 0 Å². The van der Waals surface area contributed by atoms with Crippen LogP contribution in [-0.2, 0) is 9.53 Å². The maximum Gasteiger partial charge on any atom is 0.333 e. The highest BCUT2D eigenvalue weighted by atomic mass is 19.3. The molecule has 3 unspecified atom stereocenters. The lowest BCUT2D eigenvalue weighted by molar-refractivity contribution is -0.170. The van der Waals surface area contributed by atoms with Gasteiger partial charge in [-0.05, 0) is 27.2 Å². The normalized spacial score (nSPS) is 18.0. The van der Waals surface area contributed by atoms with Gasteiger partial charge in [0.2, 0.25) is 0 Å². The standard InChI is InChI=1S/C15H29F2N3O3/c1-6-7-10(19)11(21)15(16,17)8-14(20,9(2)18)12(22)23-13(3,4)5/h10-11,21H,2,6-8,18-20H2,1,3-5H3. The molecular formula is C15H29F2N3O3. The summed E-state index contributed by atoms with van der Waals surface area (Å²) in [5.74, 6) is -4.86. The number of carbonyl (C=O) groups is 1. The van der Waals surface area contributed by atoms with Crippen molar-refractivity contribution in [1.82, 2.24) is 0 Å². The molecule has 0 aromatic rings. The molecular weight excluding hydrogens is 308 g/mol. The third kappa shape index (κ3) is 6.04. The summed E-state index contributed by atoms with van der Waals surface area (Å²) < 4.78 is 33.7. The van der Waals surface area contributed by atoms with E-state index >= 15 is 0 Å². The number of rotatable bonds is 8. The van der Waals surface area contributed by atoms with E-state index in [1.54, 1.807) is 27.7 Å². The Hall–Kier alpha value is -1.25.